The number of halogens is 3. The Balaban J connectivity index is 1.53. The molecule has 8 nitrogen and oxygen atoms in total. The minimum absolute atomic E-state index is 0.0595. The zero-order valence-electron chi connectivity index (χ0n) is 24.0. The fourth-order valence-electron chi connectivity index (χ4n) is 5.39. The Morgan fingerprint density at radius 3 is 2.25 bits per heavy atom. The number of hydrogen-bond acceptors (Lipinski definition) is 6. The summed E-state index contributed by atoms with van der Waals surface area (Å²) in [6.07, 6.45) is -1.29. The highest BCUT2D eigenvalue weighted by Gasteiger charge is 2.35. The number of oxazole rings is 1. The molecule has 0 spiro atoms. The Kier molecular flexibility index (Phi) is 7.19. The fraction of sp³-hybridized carbons (Fsp3) is 0.219. The first-order valence-corrected chi connectivity index (χ1v) is 15.7. The van der Waals surface area contributed by atoms with Crippen molar-refractivity contribution in [2.75, 3.05) is 17.7 Å². The standard InChI is InChI=1S/C32H27F3N4O4S/c1-19-36-28(32(33,34)35)18-39(19)27-14-11-23(22-6-4-7-25(16-22)44(3,41)42)17-26(27)30-31(43-20(2)37-30)21-9-12-24(13-10-21)38-15-5-8-29(38)40/h4,6-7,9-14,16-18H,5,8,15H2,1-3H3. The van der Waals surface area contributed by atoms with E-state index in [0.29, 0.717) is 58.3 Å². The Morgan fingerprint density at radius 2 is 1.61 bits per heavy atom. The van der Waals surface area contributed by atoms with Crippen molar-refractivity contribution in [1.29, 1.82) is 0 Å². The third-order valence-corrected chi connectivity index (χ3v) is 8.64. The molecule has 0 radical (unpaired) electrons. The van der Waals surface area contributed by atoms with Crippen molar-refractivity contribution in [3.05, 3.63) is 90.3 Å². The third-order valence-electron chi connectivity index (χ3n) is 7.53. The molecule has 1 fully saturated rings. The van der Waals surface area contributed by atoms with E-state index in [2.05, 4.69) is 9.97 Å². The Hall–Kier alpha value is -4.71. The van der Waals surface area contributed by atoms with Crippen LogP contribution < -0.4 is 4.90 Å². The van der Waals surface area contributed by atoms with Gasteiger partial charge in [-0.2, -0.15) is 13.2 Å². The molecule has 12 heteroatoms. The number of hydrogen-bond donors (Lipinski definition) is 0. The SMILES string of the molecule is Cc1nc(-c2cc(-c3cccc(S(C)(=O)=O)c3)ccc2-n2cc(C(F)(F)F)nc2C)c(-c2ccc(N3CCCC3=O)cc2)o1. The first-order valence-electron chi connectivity index (χ1n) is 13.8. The summed E-state index contributed by atoms with van der Waals surface area (Å²) >= 11 is 0. The number of nitrogens with zero attached hydrogens (tertiary/aromatic N) is 4. The number of carbonyl (C=O) groups is 1. The van der Waals surface area contributed by atoms with Crippen molar-refractivity contribution in [2.24, 2.45) is 0 Å². The van der Waals surface area contributed by atoms with Crippen molar-refractivity contribution >= 4 is 21.4 Å². The van der Waals surface area contributed by atoms with Crippen LogP contribution in [-0.2, 0) is 20.8 Å². The first-order chi connectivity index (χ1) is 20.8. The minimum Gasteiger partial charge on any atom is -0.440 e. The summed E-state index contributed by atoms with van der Waals surface area (Å²) < 4.78 is 72.8. The highest BCUT2D eigenvalue weighted by Crippen LogP contribution is 2.40. The van der Waals surface area contributed by atoms with Gasteiger partial charge in [0.15, 0.2) is 27.2 Å². The van der Waals surface area contributed by atoms with Gasteiger partial charge in [0.1, 0.15) is 11.5 Å². The number of imidazole rings is 1. The molecule has 2 aromatic heterocycles. The van der Waals surface area contributed by atoms with Crippen molar-refractivity contribution in [3.63, 3.8) is 0 Å². The number of rotatable bonds is 6. The van der Waals surface area contributed by atoms with Crippen LogP contribution in [-0.4, -0.2) is 41.7 Å². The molecule has 1 aliphatic heterocycles. The van der Waals surface area contributed by atoms with E-state index < -0.39 is 21.7 Å². The van der Waals surface area contributed by atoms with E-state index >= 15 is 0 Å². The normalized spacial score (nSPS) is 14.0. The van der Waals surface area contributed by atoms with Gasteiger partial charge in [0, 0.05) is 49.2 Å². The van der Waals surface area contributed by atoms with Gasteiger partial charge in [-0.1, -0.05) is 18.2 Å². The largest absolute Gasteiger partial charge is 0.440 e. The molecule has 0 aliphatic carbocycles. The number of aromatic nitrogens is 3. The molecule has 3 heterocycles. The van der Waals surface area contributed by atoms with E-state index in [-0.39, 0.29) is 16.6 Å². The number of amides is 1. The molecule has 6 rings (SSSR count). The maximum Gasteiger partial charge on any atom is 0.434 e. The average molecular weight is 621 g/mol. The van der Waals surface area contributed by atoms with Gasteiger partial charge in [0.25, 0.3) is 0 Å². The first kappa shape index (κ1) is 29.4. The second kappa shape index (κ2) is 10.8. The van der Waals surface area contributed by atoms with E-state index in [4.69, 9.17) is 4.42 Å². The van der Waals surface area contributed by atoms with E-state index in [0.717, 1.165) is 24.6 Å². The molecule has 1 aliphatic rings. The zero-order chi connectivity index (χ0) is 31.4. The van der Waals surface area contributed by atoms with Crippen LogP contribution in [0, 0.1) is 13.8 Å². The molecule has 0 bridgehead atoms. The van der Waals surface area contributed by atoms with Crippen LogP contribution in [0.4, 0.5) is 18.9 Å². The number of anilines is 1. The second-order valence-corrected chi connectivity index (χ2v) is 12.7. The van der Waals surface area contributed by atoms with Crippen molar-refractivity contribution in [1.82, 2.24) is 14.5 Å². The molecule has 3 aromatic carbocycles. The number of sulfone groups is 1. The van der Waals surface area contributed by atoms with Crippen LogP contribution in [0.3, 0.4) is 0 Å². The van der Waals surface area contributed by atoms with Gasteiger partial charge >= 0.3 is 6.18 Å². The molecule has 44 heavy (non-hydrogen) atoms. The lowest BCUT2D eigenvalue weighted by molar-refractivity contribution is -0.141. The molecule has 0 N–H and O–H groups in total. The smallest absolute Gasteiger partial charge is 0.434 e. The Bertz CT molecular complexity index is 2010. The molecular formula is C32H27F3N4O4S. The predicted molar refractivity (Wildman–Crippen MR) is 159 cm³/mol. The third kappa shape index (κ3) is 5.52. The minimum atomic E-state index is -4.64. The second-order valence-electron chi connectivity index (χ2n) is 10.7. The van der Waals surface area contributed by atoms with E-state index in [1.807, 2.05) is 24.3 Å². The van der Waals surface area contributed by atoms with Crippen LogP contribution in [0.5, 0.6) is 0 Å². The van der Waals surface area contributed by atoms with E-state index in [1.165, 1.54) is 17.6 Å². The van der Waals surface area contributed by atoms with Gasteiger partial charge < -0.3 is 13.9 Å². The van der Waals surface area contributed by atoms with Gasteiger partial charge in [-0.3, -0.25) is 4.79 Å². The maximum absolute atomic E-state index is 13.6. The topological polar surface area (TPSA) is 98.3 Å². The number of alkyl halides is 3. The average Bonchev–Trinajstić information content (AvgIpc) is 3.70. The molecule has 0 unspecified atom stereocenters. The molecule has 0 atom stereocenters. The van der Waals surface area contributed by atoms with Gasteiger partial charge in [0.05, 0.1) is 10.6 Å². The number of carbonyl (C=O) groups excluding carboxylic acids is 1. The number of benzene rings is 3. The van der Waals surface area contributed by atoms with Gasteiger partial charge in [-0.05, 0) is 73.0 Å². The highest BCUT2D eigenvalue weighted by atomic mass is 32.2. The quantitative estimate of drug-likeness (QED) is 0.202. The Labute approximate surface area is 251 Å². The van der Waals surface area contributed by atoms with Gasteiger partial charge in [-0.15, -0.1) is 0 Å². The van der Waals surface area contributed by atoms with Crippen LogP contribution in [0.1, 0.15) is 30.3 Å². The molecular weight excluding hydrogens is 593 g/mol. The van der Waals surface area contributed by atoms with Crippen LogP contribution in [0.2, 0.25) is 0 Å². The van der Waals surface area contributed by atoms with Crippen LogP contribution >= 0.6 is 0 Å². The summed E-state index contributed by atoms with van der Waals surface area (Å²) in [6.45, 7) is 3.80. The summed E-state index contributed by atoms with van der Waals surface area (Å²) in [4.78, 5) is 22.5. The summed E-state index contributed by atoms with van der Waals surface area (Å²) in [5.41, 5.74) is 2.81. The number of aryl methyl sites for hydroxylation is 2. The monoisotopic (exact) mass is 620 g/mol. The lowest BCUT2D eigenvalue weighted by Gasteiger charge is -2.16. The van der Waals surface area contributed by atoms with Crippen LogP contribution in [0.25, 0.3) is 39.4 Å². The van der Waals surface area contributed by atoms with Crippen LogP contribution in [0.15, 0.2) is 82.2 Å². The van der Waals surface area contributed by atoms with Gasteiger partial charge in [-0.25, -0.2) is 18.4 Å². The lowest BCUT2D eigenvalue weighted by atomic mass is 9.98. The summed E-state index contributed by atoms with van der Waals surface area (Å²) in [7, 11) is -3.49. The molecule has 0 saturated carbocycles. The fourth-order valence-corrected chi connectivity index (χ4v) is 6.06. The van der Waals surface area contributed by atoms with E-state index in [9.17, 15) is 26.4 Å². The van der Waals surface area contributed by atoms with Gasteiger partial charge in [0.2, 0.25) is 5.91 Å². The predicted octanol–water partition coefficient (Wildman–Crippen LogP) is 7.03. The molecule has 1 saturated heterocycles. The lowest BCUT2D eigenvalue weighted by Crippen LogP contribution is -2.23. The molecule has 5 aromatic rings. The summed E-state index contributed by atoms with van der Waals surface area (Å²) in [6, 6.07) is 18.8. The molecule has 226 valence electrons. The molecule has 1 amide bonds. The highest BCUT2D eigenvalue weighted by molar-refractivity contribution is 7.90. The Morgan fingerprint density at radius 1 is 0.909 bits per heavy atom. The maximum atomic E-state index is 13.6. The summed E-state index contributed by atoms with van der Waals surface area (Å²) in [5, 5.41) is 0. The van der Waals surface area contributed by atoms with Crippen molar-refractivity contribution in [2.45, 2.75) is 37.8 Å². The summed E-state index contributed by atoms with van der Waals surface area (Å²) in [5.74, 6) is 0.900. The van der Waals surface area contributed by atoms with Crippen molar-refractivity contribution in [3.8, 4) is 39.4 Å². The zero-order valence-corrected chi connectivity index (χ0v) is 24.8. The van der Waals surface area contributed by atoms with Crippen molar-refractivity contribution < 1.29 is 30.8 Å². The van der Waals surface area contributed by atoms with E-state index in [1.54, 1.807) is 48.2 Å².